The average molecular weight is 196 g/mol. The van der Waals surface area contributed by atoms with E-state index in [0.29, 0.717) is 24.0 Å². The van der Waals surface area contributed by atoms with Gasteiger partial charge in [0, 0.05) is 11.6 Å². The van der Waals surface area contributed by atoms with Gasteiger partial charge in [-0.25, -0.2) is 8.78 Å². The van der Waals surface area contributed by atoms with Crippen LogP contribution in [0.4, 0.5) is 8.78 Å². The highest BCUT2D eigenvalue weighted by molar-refractivity contribution is 5.83. The quantitative estimate of drug-likeness (QED) is 0.757. The van der Waals surface area contributed by atoms with Crippen LogP contribution in [0.15, 0.2) is 18.3 Å². The van der Waals surface area contributed by atoms with Crippen LogP contribution < -0.4 is 5.73 Å². The Morgan fingerprint density at radius 1 is 1.36 bits per heavy atom. The Balaban J connectivity index is 2.71. The topological polar surface area (TPSA) is 41.8 Å². The van der Waals surface area contributed by atoms with Gasteiger partial charge in [-0.3, -0.25) is 0 Å². The molecule has 2 nitrogen and oxygen atoms in total. The zero-order valence-corrected chi connectivity index (χ0v) is 7.48. The lowest BCUT2D eigenvalue weighted by molar-refractivity contribution is 0.516. The molecule has 2 aromatic rings. The molecule has 0 saturated heterocycles. The molecule has 3 N–H and O–H groups in total. The molecule has 2 rings (SSSR count). The van der Waals surface area contributed by atoms with E-state index in [0.717, 1.165) is 0 Å². The lowest BCUT2D eigenvalue weighted by atomic mass is 10.1. The second kappa shape index (κ2) is 3.38. The van der Waals surface area contributed by atoms with Crippen molar-refractivity contribution in [3.8, 4) is 0 Å². The van der Waals surface area contributed by atoms with Crippen molar-refractivity contribution in [2.24, 2.45) is 5.73 Å². The molecule has 4 heteroatoms. The molecule has 0 radical (unpaired) electrons. The first-order valence-corrected chi connectivity index (χ1v) is 4.38. The number of benzene rings is 1. The van der Waals surface area contributed by atoms with Crippen molar-refractivity contribution >= 4 is 10.9 Å². The van der Waals surface area contributed by atoms with Gasteiger partial charge in [0.15, 0.2) is 11.6 Å². The van der Waals surface area contributed by atoms with Crippen LogP contribution >= 0.6 is 0 Å². The Labute approximate surface area is 79.7 Å². The average Bonchev–Trinajstić information content (AvgIpc) is 2.63. The predicted molar refractivity (Wildman–Crippen MR) is 51.0 cm³/mol. The van der Waals surface area contributed by atoms with E-state index in [1.165, 1.54) is 12.1 Å². The third kappa shape index (κ3) is 1.28. The summed E-state index contributed by atoms with van der Waals surface area (Å²) < 4.78 is 26.3. The summed E-state index contributed by atoms with van der Waals surface area (Å²) >= 11 is 0. The summed E-state index contributed by atoms with van der Waals surface area (Å²) in [7, 11) is 0. The number of hydrogen-bond donors (Lipinski definition) is 2. The highest BCUT2D eigenvalue weighted by atomic mass is 19.2. The summed E-state index contributed by atoms with van der Waals surface area (Å²) in [5.74, 6) is -1.62. The van der Waals surface area contributed by atoms with Crippen LogP contribution in [0, 0.1) is 11.6 Å². The van der Waals surface area contributed by atoms with Crippen molar-refractivity contribution in [1.82, 2.24) is 4.98 Å². The smallest absolute Gasteiger partial charge is 0.168 e. The van der Waals surface area contributed by atoms with E-state index in [-0.39, 0.29) is 5.39 Å². The van der Waals surface area contributed by atoms with Crippen LogP contribution in [0.3, 0.4) is 0 Å². The van der Waals surface area contributed by atoms with Crippen molar-refractivity contribution < 1.29 is 8.78 Å². The van der Waals surface area contributed by atoms with E-state index in [9.17, 15) is 8.78 Å². The lowest BCUT2D eigenvalue weighted by Crippen LogP contribution is -2.04. The van der Waals surface area contributed by atoms with Gasteiger partial charge in [-0.05, 0) is 30.7 Å². The Bertz CT molecular complexity index is 462. The minimum absolute atomic E-state index is 0.286. The van der Waals surface area contributed by atoms with Gasteiger partial charge in [0.1, 0.15) is 0 Å². The molecule has 0 bridgehead atoms. The minimum Gasteiger partial charge on any atom is -0.361 e. The Kier molecular flexibility index (Phi) is 2.21. The monoisotopic (exact) mass is 196 g/mol. The van der Waals surface area contributed by atoms with E-state index >= 15 is 0 Å². The van der Waals surface area contributed by atoms with E-state index in [2.05, 4.69) is 4.98 Å². The number of halogens is 2. The third-order valence-electron chi connectivity index (χ3n) is 2.23. The number of aromatic amines is 1. The molecular formula is C10H10F2N2. The second-order valence-corrected chi connectivity index (χ2v) is 3.14. The third-order valence-corrected chi connectivity index (χ3v) is 2.23. The fourth-order valence-corrected chi connectivity index (χ4v) is 1.59. The summed E-state index contributed by atoms with van der Waals surface area (Å²) in [5, 5.41) is 0.286. The van der Waals surface area contributed by atoms with E-state index in [1.54, 1.807) is 6.20 Å². The van der Waals surface area contributed by atoms with Gasteiger partial charge in [-0.2, -0.15) is 0 Å². The Morgan fingerprint density at radius 3 is 2.86 bits per heavy atom. The Morgan fingerprint density at radius 2 is 2.14 bits per heavy atom. The van der Waals surface area contributed by atoms with Crippen LogP contribution in [-0.2, 0) is 6.42 Å². The van der Waals surface area contributed by atoms with Crippen LogP contribution in [0.1, 0.15) is 5.56 Å². The van der Waals surface area contributed by atoms with Crippen molar-refractivity contribution in [2.75, 3.05) is 6.54 Å². The molecule has 0 atom stereocenters. The number of fused-ring (bicyclic) bond motifs is 1. The molecule has 0 fully saturated rings. The summed E-state index contributed by atoms with van der Waals surface area (Å²) in [6, 6.07) is 2.72. The molecule has 0 aliphatic heterocycles. The summed E-state index contributed by atoms with van der Waals surface area (Å²) in [5.41, 5.74) is 6.73. The standard InChI is InChI=1S/C10H10F2N2/c11-8-5-6(1-3-13)10-7(9(8)12)2-4-14-10/h2,4-5,14H,1,3,13H2. The van der Waals surface area contributed by atoms with Crippen molar-refractivity contribution in [3.05, 3.63) is 35.5 Å². The Hall–Kier alpha value is -1.42. The second-order valence-electron chi connectivity index (χ2n) is 3.14. The van der Waals surface area contributed by atoms with Gasteiger partial charge in [-0.1, -0.05) is 0 Å². The molecule has 0 spiro atoms. The van der Waals surface area contributed by atoms with E-state index < -0.39 is 11.6 Å². The molecule has 0 aliphatic carbocycles. The first-order chi connectivity index (χ1) is 6.74. The predicted octanol–water partition coefficient (Wildman–Crippen LogP) is 1.95. The molecule has 1 aromatic carbocycles. The van der Waals surface area contributed by atoms with Crippen LogP contribution in [0.2, 0.25) is 0 Å². The van der Waals surface area contributed by atoms with Crippen molar-refractivity contribution in [1.29, 1.82) is 0 Å². The van der Waals surface area contributed by atoms with Gasteiger partial charge < -0.3 is 10.7 Å². The van der Waals surface area contributed by atoms with E-state index in [1.807, 2.05) is 0 Å². The zero-order valence-electron chi connectivity index (χ0n) is 7.48. The molecule has 1 aromatic heterocycles. The highest BCUT2D eigenvalue weighted by Crippen LogP contribution is 2.23. The first kappa shape index (κ1) is 9.15. The molecular weight excluding hydrogens is 186 g/mol. The number of nitrogens with two attached hydrogens (primary N) is 1. The van der Waals surface area contributed by atoms with Gasteiger partial charge in [-0.15, -0.1) is 0 Å². The van der Waals surface area contributed by atoms with Gasteiger partial charge in [0.2, 0.25) is 0 Å². The lowest BCUT2D eigenvalue weighted by Gasteiger charge is -2.03. The summed E-state index contributed by atoms with van der Waals surface area (Å²) in [4.78, 5) is 2.88. The van der Waals surface area contributed by atoms with Crippen LogP contribution in [-0.4, -0.2) is 11.5 Å². The van der Waals surface area contributed by atoms with Crippen molar-refractivity contribution in [2.45, 2.75) is 6.42 Å². The fraction of sp³-hybridized carbons (Fsp3) is 0.200. The molecule has 0 aliphatic rings. The fourth-order valence-electron chi connectivity index (χ4n) is 1.59. The molecule has 1 heterocycles. The number of aromatic nitrogens is 1. The highest BCUT2D eigenvalue weighted by Gasteiger charge is 2.11. The maximum atomic E-state index is 13.2. The molecule has 0 unspecified atom stereocenters. The number of H-pyrrole nitrogens is 1. The summed E-state index contributed by atoms with van der Waals surface area (Å²) in [6.07, 6.45) is 2.13. The molecule has 14 heavy (non-hydrogen) atoms. The first-order valence-electron chi connectivity index (χ1n) is 4.38. The van der Waals surface area contributed by atoms with Gasteiger partial charge in [0.25, 0.3) is 0 Å². The number of nitrogens with one attached hydrogen (secondary N) is 1. The summed E-state index contributed by atoms with van der Waals surface area (Å²) in [6.45, 7) is 0.416. The molecule has 0 amide bonds. The van der Waals surface area contributed by atoms with Crippen molar-refractivity contribution in [3.63, 3.8) is 0 Å². The maximum absolute atomic E-state index is 13.2. The number of rotatable bonds is 2. The molecule has 0 saturated carbocycles. The van der Waals surface area contributed by atoms with Gasteiger partial charge >= 0.3 is 0 Å². The zero-order chi connectivity index (χ0) is 10.1. The van der Waals surface area contributed by atoms with Crippen LogP contribution in [0.5, 0.6) is 0 Å². The van der Waals surface area contributed by atoms with Crippen LogP contribution in [0.25, 0.3) is 10.9 Å². The largest absolute Gasteiger partial charge is 0.361 e. The number of hydrogen-bond acceptors (Lipinski definition) is 1. The maximum Gasteiger partial charge on any atom is 0.168 e. The molecule has 74 valence electrons. The van der Waals surface area contributed by atoms with E-state index in [4.69, 9.17) is 5.73 Å². The van der Waals surface area contributed by atoms with Gasteiger partial charge in [0.05, 0.1) is 5.52 Å². The minimum atomic E-state index is -0.819. The SMILES string of the molecule is NCCc1cc(F)c(F)c2cc[nH]c12. The normalized spacial score (nSPS) is 11.1.